The Morgan fingerprint density at radius 2 is 2.00 bits per heavy atom. The molecule has 1 fully saturated rings. The molecule has 0 heterocycles. The van der Waals surface area contributed by atoms with Crippen LogP contribution in [0.15, 0.2) is 0 Å². The normalized spacial score (nSPS) is 25.9. The van der Waals surface area contributed by atoms with Crippen molar-refractivity contribution in [1.29, 1.82) is 0 Å². The van der Waals surface area contributed by atoms with Gasteiger partial charge in [0.1, 0.15) is 6.04 Å². The van der Waals surface area contributed by atoms with Gasteiger partial charge in [-0.05, 0) is 30.6 Å². The van der Waals surface area contributed by atoms with Gasteiger partial charge in [0, 0.05) is 6.42 Å². The number of carboxylic acid groups (broad SMARTS) is 1. The molecule has 4 heteroatoms. The molecule has 1 amide bonds. The molecule has 1 saturated carbocycles. The molecule has 0 aromatic rings. The molecule has 0 aromatic carbocycles. The quantitative estimate of drug-likeness (QED) is 0.774. The van der Waals surface area contributed by atoms with E-state index in [2.05, 4.69) is 12.2 Å². The van der Waals surface area contributed by atoms with E-state index in [0.29, 0.717) is 18.3 Å². The highest BCUT2D eigenvalue weighted by molar-refractivity contribution is 5.83. The Morgan fingerprint density at radius 3 is 2.41 bits per heavy atom. The fourth-order valence-electron chi connectivity index (χ4n) is 2.52. The molecule has 1 rings (SSSR count). The summed E-state index contributed by atoms with van der Waals surface area (Å²) in [5.74, 6) is -0.0166. The van der Waals surface area contributed by atoms with Crippen LogP contribution in [0.25, 0.3) is 0 Å². The Balaban J connectivity index is 2.40. The van der Waals surface area contributed by atoms with Crippen LogP contribution in [0.4, 0.5) is 0 Å². The first kappa shape index (κ1) is 14.0. The number of carboxylic acids is 1. The molecule has 1 aliphatic carbocycles. The summed E-state index contributed by atoms with van der Waals surface area (Å²) in [6, 6.07) is -0.763. The lowest BCUT2D eigenvalue weighted by Crippen LogP contribution is -2.44. The predicted molar refractivity (Wildman–Crippen MR) is 65.5 cm³/mol. The van der Waals surface area contributed by atoms with Crippen molar-refractivity contribution in [2.24, 2.45) is 17.8 Å². The van der Waals surface area contributed by atoms with E-state index in [0.717, 1.165) is 12.8 Å². The lowest BCUT2D eigenvalue weighted by atomic mass is 10.0. The highest BCUT2D eigenvalue weighted by Crippen LogP contribution is 2.32. The Hall–Kier alpha value is -1.06. The predicted octanol–water partition coefficient (Wildman–Crippen LogP) is 2.04. The minimum atomic E-state index is -0.951. The van der Waals surface area contributed by atoms with Gasteiger partial charge in [-0.15, -0.1) is 0 Å². The summed E-state index contributed by atoms with van der Waals surface area (Å²) in [6.07, 6.45) is 3.84. The van der Waals surface area contributed by atoms with E-state index in [-0.39, 0.29) is 11.8 Å². The first-order valence-electron chi connectivity index (χ1n) is 6.42. The highest BCUT2D eigenvalue weighted by Gasteiger charge is 2.27. The van der Waals surface area contributed by atoms with Crippen LogP contribution >= 0.6 is 0 Å². The zero-order valence-corrected chi connectivity index (χ0v) is 10.9. The maximum atomic E-state index is 11.8. The van der Waals surface area contributed by atoms with Crippen LogP contribution in [-0.4, -0.2) is 23.0 Å². The maximum Gasteiger partial charge on any atom is 0.326 e. The molecular formula is C13H23NO3. The first-order valence-corrected chi connectivity index (χ1v) is 6.42. The van der Waals surface area contributed by atoms with E-state index in [1.54, 1.807) is 13.8 Å². The van der Waals surface area contributed by atoms with Crippen molar-refractivity contribution in [3.8, 4) is 0 Å². The molecule has 0 aromatic heterocycles. The van der Waals surface area contributed by atoms with E-state index in [1.165, 1.54) is 6.42 Å². The molecule has 0 spiro atoms. The van der Waals surface area contributed by atoms with Crippen molar-refractivity contribution < 1.29 is 14.7 Å². The number of hydrogen-bond donors (Lipinski definition) is 2. The van der Waals surface area contributed by atoms with Gasteiger partial charge < -0.3 is 10.4 Å². The van der Waals surface area contributed by atoms with Gasteiger partial charge in [0.2, 0.25) is 5.91 Å². The Kier molecular flexibility index (Phi) is 4.97. The van der Waals surface area contributed by atoms with Crippen molar-refractivity contribution in [1.82, 2.24) is 5.32 Å². The Bertz CT molecular complexity index is 288. The van der Waals surface area contributed by atoms with E-state index >= 15 is 0 Å². The average molecular weight is 241 g/mol. The number of carbonyl (C=O) groups is 2. The van der Waals surface area contributed by atoms with Crippen molar-refractivity contribution in [3.05, 3.63) is 0 Å². The SMILES string of the molecule is CC1CCC(CC(=O)N[C@H](C(=O)O)C(C)C)C1. The van der Waals surface area contributed by atoms with Gasteiger partial charge >= 0.3 is 5.97 Å². The van der Waals surface area contributed by atoms with Gasteiger partial charge in [0.05, 0.1) is 0 Å². The van der Waals surface area contributed by atoms with E-state index in [9.17, 15) is 9.59 Å². The molecule has 4 nitrogen and oxygen atoms in total. The van der Waals surface area contributed by atoms with Gasteiger partial charge in [0.25, 0.3) is 0 Å². The summed E-state index contributed by atoms with van der Waals surface area (Å²) in [5, 5.41) is 11.6. The first-order chi connectivity index (χ1) is 7.90. The molecule has 17 heavy (non-hydrogen) atoms. The van der Waals surface area contributed by atoms with Crippen molar-refractivity contribution in [2.45, 2.75) is 52.5 Å². The zero-order chi connectivity index (χ0) is 13.0. The van der Waals surface area contributed by atoms with Crippen LogP contribution in [0, 0.1) is 17.8 Å². The Morgan fingerprint density at radius 1 is 1.35 bits per heavy atom. The van der Waals surface area contributed by atoms with Crippen LogP contribution in [0.5, 0.6) is 0 Å². The van der Waals surface area contributed by atoms with Crippen LogP contribution in [-0.2, 0) is 9.59 Å². The second-order valence-corrected chi connectivity index (χ2v) is 5.62. The van der Waals surface area contributed by atoms with E-state index in [1.807, 2.05) is 0 Å². The second kappa shape index (κ2) is 6.03. The lowest BCUT2D eigenvalue weighted by molar-refractivity contribution is -0.143. The van der Waals surface area contributed by atoms with Crippen LogP contribution in [0.1, 0.15) is 46.5 Å². The van der Waals surface area contributed by atoms with Crippen LogP contribution in [0.3, 0.4) is 0 Å². The number of rotatable bonds is 5. The van der Waals surface area contributed by atoms with Gasteiger partial charge in [-0.3, -0.25) is 4.79 Å². The summed E-state index contributed by atoms with van der Waals surface area (Å²) in [4.78, 5) is 22.7. The molecule has 1 aliphatic rings. The van der Waals surface area contributed by atoms with Crippen LogP contribution < -0.4 is 5.32 Å². The maximum absolute atomic E-state index is 11.8. The van der Waals surface area contributed by atoms with Gasteiger partial charge in [-0.25, -0.2) is 4.79 Å². The fraction of sp³-hybridized carbons (Fsp3) is 0.846. The molecule has 2 unspecified atom stereocenters. The molecule has 0 bridgehead atoms. The molecular weight excluding hydrogens is 218 g/mol. The van der Waals surface area contributed by atoms with Crippen molar-refractivity contribution in [3.63, 3.8) is 0 Å². The molecule has 98 valence electrons. The average Bonchev–Trinajstić information content (AvgIpc) is 2.59. The molecule has 2 N–H and O–H groups in total. The third kappa shape index (κ3) is 4.36. The van der Waals surface area contributed by atoms with Crippen molar-refractivity contribution in [2.75, 3.05) is 0 Å². The third-order valence-corrected chi connectivity index (χ3v) is 3.53. The van der Waals surface area contributed by atoms with Crippen molar-refractivity contribution >= 4 is 11.9 Å². The van der Waals surface area contributed by atoms with Crippen LogP contribution in [0.2, 0.25) is 0 Å². The molecule has 0 aliphatic heterocycles. The standard InChI is InChI=1S/C13H23NO3/c1-8(2)12(13(16)17)14-11(15)7-10-5-4-9(3)6-10/h8-10,12H,4-7H2,1-3H3,(H,14,15)(H,16,17)/t9?,10?,12-/m0/s1. The summed E-state index contributed by atoms with van der Waals surface area (Å²) in [5.41, 5.74) is 0. The number of hydrogen-bond acceptors (Lipinski definition) is 2. The zero-order valence-electron chi connectivity index (χ0n) is 10.9. The monoisotopic (exact) mass is 241 g/mol. The third-order valence-electron chi connectivity index (χ3n) is 3.53. The van der Waals surface area contributed by atoms with Gasteiger partial charge in [0.15, 0.2) is 0 Å². The van der Waals surface area contributed by atoms with E-state index < -0.39 is 12.0 Å². The number of amides is 1. The molecule has 0 saturated heterocycles. The largest absolute Gasteiger partial charge is 0.480 e. The smallest absolute Gasteiger partial charge is 0.326 e. The fourth-order valence-corrected chi connectivity index (χ4v) is 2.52. The highest BCUT2D eigenvalue weighted by atomic mass is 16.4. The van der Waals surface area contributed by atoms with Gasteiger partial charge in [-0.1, -0.05) is 27.2 Å². The molecule has 0 radical (unpaired) electrons. The number of aliphatic carboxylic acids is 1. The Labute approximate surface area is 103 Å². The second-order valence-electron chi connectivity index (χ2n) is 5.62. The molecule has 3 atom stereocenters. The van der Waals surface area contributed by atoms with Gasteiger partial charge in [-0.2, -0.15) is 0 Å². The topological polar surface area (TPSA) is 66.4 Å². The summed E-state index contributed by atoms with van der Waals surface area (Å²) in [7, 11) is 0. The minimum absolute atomic E-state index is 0.0843. The number of nitrogens with one attached hydrogen (secondary N) is 1. The van der Waals surface area contributed by atoms with E-state index in [4.69, 9.17) is 5.11 Å². The minimum Gasteiger partial charge on any atom is -0.480 e. The number of carbonyl (C=O) groups excluding carboxylic acids is 1. The summed E-state index contributed by atoms with van der Waals surface area (Å²) < 4.78 is 0. The summed E-state index contributed by atoms with van der Waals surface area (Å²) >= 11 is 0. The lowest BCUT2D eigenvalue weighted by Gasteiger charge is -2.19. The summed E-state index contributed by atoms with van der Waals surface area (Å²) in [6.45, 7) is 5.81.